The number of thiocarbonyl (C=S) groups is 1. The largest absolute Gasteiger partial charge is 0.493 e. The van der Waals surface area contributed by atoms with Crippen molar-refractivity contribution in [3.05, 3.63) is 28.2 Å². The Labute approximate surface area is 146 Å². The summed E-state index contributed by atoms with van der Waals surface area (Å²) in [7, 11) is 0. The highest BCUT2D eigenvalue weighted by molar-refractivity contribution is 9.10. The van der Waals surface area contributed by atoms with E-state index in [0.717, 1.165) is 17.3 Å². The maximum Gasteiger partial charge on any atom is 0.261 e. The molecule has 0 saturated carbocycles. The molecular weight excluding hydrogens is 364 g/mol. The topological polar surface area (TPSA) is 50.4 Å². The van der Waals surface area contributed by atoms with Crippen LogP contribution in [-0.4, -0.2) is 24.2 Å². The van der Waals surface area contributed by atoms with E-state index < -0.39 is 0 Å². The lowest BCUT2D eigenvalue weighted by molar-refractivity contribution is 0.0972. The number of unbranched alkanes of at least 4 members (excludes halogenated alkanes) is 3. The summed E-state index contributed by atoms with van der Waals surface area (Å²) in [5.41, 5.74) is 0.477. The van der Waals surface area contributed by atoms with Crippen LogP contribution in [0.3, 0.4) is 0 Å². The van der Waals surface area contributed by atoms with Gasteiger partial charge in [0.1, 0.15) is 5.75 Å². The molecule has 2 N–H and O–H groups in total. The van der Waals surface area contributed by atoms with Crippen LogP contribution >= 0.6 is 28.1 Å². The number of carbonyl (C=O) groups is 1. The third-order valence-corrected chi connectivity index (χ3v) is 3.75. The van der Waals surface area contributed by atoms with Gasteiger partial charge >= 0.3 is 0 Å². The second-order valence-electron chi connectivity index (χ2n) is 4.86. The van der Waals surface area contributed by atoms with Gasteiger partial charge < -0.3 is 10.1 Å². The van der Waals surface area contributed by atoms with Gasteiger partial charge in [0, 0.05) is 11.0 Å². The van der Waals surface area contributed by atoms with Crippen molar-refractivity contribution >= 4 is 39.2 Å². The van der Waals surface area contributed by atoms with Crippen LogP contribution in [0.25, 0.3) is 0 Å². The fourth-order valence-electron chi connectivity index (χ4n) is 1.89. The SMILES string of the molecule is CCCCCCOc1ccc(Br)cc1C(=O)NC(=S)NCC. The van der Waals surface area contributed by atoms with Gasteiger partial charge in [-0.1, -0.05) is 42.1 Å². The van der Waals surface area contributed by atoms with Gasteiger partial charge in [-0.15, -0.1) is 0 Å². The summed E-state index contributed by atoms with van der Waals surface area (Å²) in [4.78, 5) is 12.3. The van der Waals surface area contributed by atoms with Crippen molar-refractivity contribution in [2.75, 3.05) is 13.2 Å². The molecule has 0 aliphatic heterocycles. The highest BCUT2D eigenvalue weighted by atomic mass is 79.9. The van der Waals surface area contributed by atoms with Crippen LogP contribution in [0.2, 0.25) is 0 Å². The first-order valence-corrected chi connectivity index (χ1v) is 8.80. The van der Waals surface area contributed by atoms with E-state index in [0.29, 0.717) is 29.6 Å². The number of hydrogen-bond acceptors (Lipinski definition) is 3. The van der Waals surface area contributed by atoms with Crippen LogP contribution < -0.4 is 15.4 Å². The fourth-order valence-corrected chi connectivity index (χ4v) is 2.49. The lowest BCUT2D eigenvalue weighted by Gasteiger charge is -2.13. The number of hydrogen-bond donors (Lipinski definition) is 2. The van der Waals surface area contributed by atoms with Gasteiger partial charge in [0.15, 0.2) is 5.11 Å². The van der Waals surface area contributed by atoms with Crippen molar-refractivity contribution in [3.8, 4) is 5.75 Å². The normalized spacial score (nSPS) is 10.1. The lowest BCUT2D eigenvalue weighted by Crippen LogP contribution is -2.39. The molecule has 1 rings (SSSR count). The zero-order chi connectivity index (χ0) is 16.4. The summed E-state index contributed by atoms with van der Waals surface area (Å²) in [6, 6.07) is 5.40. The maximum atomic E-state index is 12.3. The third-order valence-electron chi connectivity index (χ3n) is 3.01. The molecule has 4 nitrogen and oxygen atoms in total. The first-order valence-electron chi connectivity index (χ1n) is 7.60. The molecule has 1 aromatic carbocycles. The highest BCUT2D eigenvalue weighted by Gasteiger charge is 2.14. The van der Waals surface area contributed by atoms with Crippen molar-refractivity contribution in [1.29, 1.82) is 0 Å². The highest BCUT2D eigenvalue weighted by Crippen LogP contribution is 2.23. The number of halogens is 1. The van der Waals surface area contributed by atoms with Gasteiger partial charge in [-0.2, -0.15) is 0 Å². The van der Waals surface area contributed by atoms with E-state index in [4.69, 9.17) is 17.0 Å². The summed E-state index contributed by atoms with van der Waals surface area (Å²) >= 11 is 8.43. The Kier molecular flexibility index (Phi) is 9.08. The minimum atomic E-state index is -0.268. The molecule has 122 valence electrons. The molecule has 0 spiro atoms. The predicted octanol–water partition coefficient (Wildman–Crippen LogP) is 4.03. The fraction of sp³-hybridized carbons (Fsp3) is 0.500. The molecule has 0 unspecified atom stereocenters. The molecular formula is C16H23BrN2O2S. The Bertz CT molecular complexity index is 509. The van der Waals surface area contributed by atoms with Gasteiger partial charge in [0.2, 0.25) is 0 Å². The van der Waals surface area contributed by atoms with Gasteiger partial charge in [-0.3, -0.25) is 10.1 Å². The minimum Gasteiger partial charge on any atom is -0.493 e. The van der Waals surface area contributed by atoms with E-state index in [9.17, 15) is 4.79 Å². The first-order chi connectivity index (χ1) is 10.6. The van der Waals surface area contributed by atoms with Gasteiger partial charge in [-0.25, -0.2) is 0 Å². The Hall–Kier alpha value is -1.14. The van der Waals surface area contributed by atoms with Gasteiger partial charge in [0.05, 0.1) is 12.2 Å². The summed E-state index contributed by atoms with van der Waals surface area (Å²) in [6.07, 6.45) is 4.52. The molecule has 0 heterocycles. The average molecular weight is 387 g/mol. The lowest BCUT2D eigenvalue weighted by atomic mass is 10.2. The van der Waals surface area contributed by atoms with Crippen molar-refractivity contribution in [3.63, 3.8) is 0 Å². The van der Waals surface area contributed by atoms with E-state index in [-0.39, 0.29) is 5.91 Å². The standard InChI is InChI=1S/C16H23BrN2O2S/c1-3-5-6-7-10-21-14-9-8-12(17)11-13(14)15(20)19-16(22)18-4-2/h8-9,11H,3-7,10H2,1-2H3,(H2,18,19,20,22). The molecule has 0 aliphatic carbocycles. The van der Waals surface area contributed by atoms with Crippen molar-refractivity contribution in [2.24, 2.45) is 0 Å². The number of carbonyl (C=O) groups excluding carboxylic acids is 1. The summed E-state index contributed by atoms with van der Waals surface area (Å²) in [5.74, 6) is 0.312. The van der Waals surface area contributed by atoms with Crippen LogP contribution in [0.4, 0.5) is 0 Å². The number of amides is 1. The Morgan fingerprint density at radius 2 is 2.05 bits per heavy atom. The molecule has 0 aromatic heterocycles. The second-order valence-corrected chi connectivity index (χ2v) is 6.19. The van der Waals surface area contributed by atoms with E-state index >= 15 is 0 Å². The Balaban J connectivity index is 2.69. The quantitative estimate of drug-likeness (QED) is 0.522. The molecule has 0 fully saturated rings. The molecule has 6 heteroatoms. The maximum absolute atomic E-state index is 12.3. The summed E-state index contributed by atoms with van der Waals surface area (Å²) in [5, 5.41) is 5.87. The van der Waals surface area contributed by atoms with Gasteiger partial charge in [0.25, 0.3) is 5.91 Å². The average Bonchev–Trinajstić information content (AvgIpc) is 2.48. The second kappa shape index (κ2) is 10.6. The van der Waals surface area contributed by atoms with Crippen molar-refractivity contribution < 1.29 is 9.53 Å². The molecule has 0 atom stereocenters. The molecule has 0 bridgehead atoms. The minimum absolute atomic E-state index is 0.268. The van der Waals surface area contributed by atoms with Crippen LogP contribution in [0, 0.1) is 0 Å². The summed E-state index contributed by atoms with van der Waals surface area (Å²) in [6.45, 7) is 5.37. The molecule has 1 amide bonds. The van der Waals surface area contributed by atoms with Crippen LogP contribution in [0.1, 0.15) is 49.9 Å². The Morgan fingerprint density at radius 3 is 2.73 bits per heavy atom. The van der Waals surface area contributed by atoms with Crippen molar-refractivity contribution in [2.45, 2.75) is 39.5 Å². The number of ether oxygens (including phenoxy) is 1. The first kappa shape index (κ1) is 18.9. The predicted molar refractivity (Wildman–Crippen MR) is 97.5 cm³/mol. The smallest absolute Gasteiger partial charge is 0.261 e. The zero-order valence-electron chi connectivity index (χ0n) is 13.1. The molecule has 0 aliphatic rings. The van der Waals surface area contributed by atoms with E-state index in [1.165, 1.54) is 12.8 Å². The van der Waals surface area contributed by atoms with Crippen LogP contribution in [-0.2, 0) is 0 Å². The third kappa shape index (κ3) is 6.75. The van der Waals surface area contributed by atoms with Gasteiger partial charge in [-0.05, 0) is 43.8 Å². The van der Waals surface area contributed by atoms with E-state index in [2.05, 4.69) is 33.5 Å². The van der Waals surface area contributed by atoms with E-state index in [1.54, 1.807) is 12.1 Å². The number of nitrogens with one attached hydrogen (secondary N) is 2. The molecule has 0 radical (unpaired) electrons. The van der Waals surface area contributed by atoms with Crippen LogP contribution in [0.15, 0.2) is 22.7 Å². The molecule has 1 aromatic rings. The summed E-state index contributed by atoms with van der Waals surface area (Å²) < 4.78 is 6.58. The van der Waals surface area contributed by atoms with E-state index in [1.807, 2.05) is 13.0 Å². The van der Waals surface area contributed by atoms with Crippen LogP contribution in [0.5, 0.6) is 5.75 Å². The monoisotopic (exact) mass is 386 g/mol. The number of benzene rings is 1. The number of rotatable bonds is 8. The molecule has 0 saturated heterocycles. The Morgan fingerprint density at radius 1 is 1.27 bits per heavy atom. The zero-order valence-corrected chi connectivity index (χ0v) is 15.5. The molecule has 22 heavy (non-hydrogen) atoms. The van der Waals surface area contributed by atoms with Crippen molar-refractivity contribution in [1.82, 2.24) is 10.6 Å².